The van der Waals surface area contributed by atoms with E-state index in [0.717, 1.165) is 9.78 Å². The van der Waals surface area contributed by atoms with E-state index < -0.39 is 39.0 Å². The van der Waals surface area contributed by atoms with Crippen LogP contribution in [-0.2, 0) is 42.9 Å². The number of nitrogens with one attached hydrogen (secondary N) is 1. The summed E-state index contributed by atoms with van der Waals surface area (Å²) in [5.74, 6) is -1.62. The van der Waals surface area contributed by atoms with Gasteiger partial charge in [0.2, 0.25) is 5.91 Å². The summed E-state index contributed by atoms with van der Waals surface area (Å²) in [6.45, 7) is -0.148. The molecule has 12 heteroatoms. The number of amides is 2. The Kier molecular flexibility index (Phi) is 6.15. The molecule has 1 aromatic heterocycles. The fourth-order valence-electron chi connectivity index (χ4n) is 3.39. The van der Waals surface area contributed by atoms with Gasteiger partial charge in [-0.2, -0.15) is 0 Å². The number of esters is 1. The molecular weight excluding hydrogens is 458 g/mol. The van der Waals surface area contributed by atoms with Gasteiger partial charge < -0.3 is 10.1 Å². The maximum atomic E-state index is 12.6. The minimum atomic E-state index is -1.47. The Balaban J connectivity index is 1.37. The van der Waals surface area contributed by atoms with E-state index >= 15 is 0 Å². The van der Waals surface area contributed by atoms with E-state index in [-0.39, 0.29) is 36.1 Å². The third-order valence-electron chi connectivity index (χ3n) is 4.97. The average Bonchev–Trinajstić information content (AvgIpc) is 3.28. The lowest BCUT2D eigenvalue weighted by molar-refractivity contribution is -0.384. The van der Waals surface area contributed by atoms with E-state index in [9.17, 15) is 28.7 Å². The fraction of sp³-hybridized carbons (Fsp3) is 0.250. The van der Waals surface area contributed by atoms with E-state index in [2.05, 4.69) is 5.32 Å². The Bertz CT molecular complexity index is 1130. The number of hydrogen-bond acceptors (Lipinski definition) is 8. The molecule has 1 saturated heterocycles. The molecule has 2 aliphatic rings. The van der Waals surface area contributed by atoms with Gasteiger partial charge in [0.05, 0.1) is 22.1 Å². The van der Waals surface area contributed by atoms with Gasteiger partial charge in [-0.3, -0.25) is 28.8 Å². The van der Waals surface area contributed by atoms with Gasteiger partial charge in [0, 0.05) is 22.8 Å². The highest BCUT2D eigenvalue weighted by Crippen LogP contribution is 2.32. The first-order valence-corrected chi connectivity index (χ1v) is 11.7. The van der Waals surface area contributed by atoms with Crippen molar-refractivity contribution in [1.29, 1.82) is 0 Å². The predicted octanol–water partition coefficient (Wildman–Crippen LogP) is 1.24. The molecule has 3 atom stereocenters. The molecule has 32 heavy (non-hydrogen) atoms. The molecule has 0 bridgehead atoms. The molecule has 2 unspecified atom stereocenters. The van der Waals surface area contributed by atoms with Gasteiger partial charge in [-0.15, -0.1) is 11.3 Å². The third kappa shape index (κ3) is 4.32. The Hall–Kier alpha value is -3.38. The summed E-state index contributed by atoms with van der Waals surface area (Å²) in [4.78, 5) is 49.6. The largest absolute Gasteiger partial charge is 0.456 e. The van der Waals surface area contributed by atoms with E-state index in [0.29, 0.717) is 5.56 Å². The van der Waals surface area contributed by atoms with E-state index in [1.165, 1.54) is 41.7 Å². The van der Waals surface area contributed by atoms with Crippen LogP contribution in [0.3, 0.4) is 0 Å². The summed E-state index contributed by atoms with van der Waals surface area (Å²) < 4.78 is 17.7. The van der Waals surface area contributed by atoms with E-state index in [1.807, 2.05) is 11.4 Å². The van der Waals surface area contributed by atoms with Gasteiger partial charge in [0.15, 0.2) is 0 Å². The standard InChI is InChI=1S/C20H17N3O7S2/c24-16(10-14-2-1-8-31-14)21-17-18(25)22-15(7-9-32(29)19(17)22)20(26)30-11-12-3-5-13(6-4-12)23(27)28/h1-8,17,19H,9-11H2,(H,21,24)/t17?,19-,32?/m1/s1. The molecule has 0 spiro atoms. The van der Waals surface area contributed by atoms with Gasteiger partial charge in [-0.05, 0) is 35.2 Å². The molecule has 0 saturated carbocycles. The number of nitrogens with zero attached hydrogens (tertiary/aromatic N) is 2. The number of nitro groups is 1. The van der Waals surface area contributed by atoms with Crippen molar-refractivity contribution in [1.82, 2.24) is 10.2 Å². The molecule has 1 fully saturated rings. The molecule has 166 valence electrons. The molecule has 0 aliphatic carbocycles. The Morgan fingerprint density at radius 2 is 2.03 bits per heavy atom. The van der Waals surface area contributed by atoms with Gasteiger partial charge in [-0.25, -0.2) is 4.79 Å². The van der Waals surface area contributed by atoms with Crippen LogP contribution in [-0.4, -0.2) is 49.0 Å². The van der Waals surface area contributed by atoms with Crippen molar-refractivity contribution >= 4 is 45.6 Å². The minimum absolute atomic E-state index is 0.0229. The van der Waals surface area contributed by atoms with Crippen molar-refractivity contribution in [3.8, 4) is 0 Å². The molecule has 1 aromatic carbocycles. The van der Waals surface area contributed by atoms with E-state index in [4.69, 9.17) is 4.74 Å². The van der Waals surface area contributed by atoms with Crippen molar-refractivity contribution in [2.75, 3.05) is 5.75 Å². The van der Waals surface area contributed by atoms with Crippen molar-refractivity contribution in [2.45, 2.75) is 24.4 Å². The Labute approximate surface area is 188 Å². The van der Waals surface area contributed by atoms with Gasteiger partial charge in [0.1, 0.15) is 23.7 Å². The van der Waals surface area contributed by atoms with Crippen molar-refractivity contribution in [3.63, 3.8) is 0 Å². The third-order valence-corrected chi connectivity index (χ3v) is 7.36. The number of nitro benzene ring substituents is 1. The lowest BCUT2D eigenvalue weighted by Gasteiger charge is -2.48. The molecule has 4 rings (SSSR count). The second kappa shape index (κ2) is 9.01. The number of hydrogen-bond donors (Lipinski definition) is 1. The zero-order chi connectivity index (χ0) is 22.8. The number of β-lactam (4-membered cyclic amide) rings is 1. The normalized spacial score (nSPS) is 21.8. The lowest BCUT2D eigenvalue weighted by atomic mass is 10.0. The minimum Gasteiger partial charge on any atom is -0.456 e. The Morgan fingerprint density at radius 3 is 2.69 bits per heavy atom. The zero-order valence-electron chi connectivity index (χ0n) is 16.5. The van der Waals surface area contributed by atoms with E-state index in [1.54, 1.807) is 6.07 Å². The fourth-order valence-corrected chi connectivity index (χ4v) is 5.56. The first kappa shape index (κ1) is 21.8. The van der Waals surface area contributed by atoms with Gasteiger partial charge in [-0.1, -0.05) is 6.07 Å². The summed E-state index contributed by atoms with van der Waals surface area (Å²) >= 11 is 1.42. The van der Waals surface area contributed by atoms with Gasteiger partial charge >= 0.3 is 5.97 Å². The second-order valence-electron chi connectivity index (χ2n) is 7.04. The first-order chi connectivity index (χ1) is 15.3. The quantitative estimate of drug-likeness (QED) is 0.275. The monoisotopic (exact) mass is 475 g/mol. The summed E-state index contributed by atoms with van der Waals surface area (Å²) in [6.07, 6.45) is 1.49. The molecule has 3 heterocycles. The number of benzene rings is 1. The predicted molar refractivity (Wildman–Crippen MR) is 115 cm³/mol. The highest BCUT2D eigenvalue weighted by Gasteiger charge is 2.55. The Morgan fingerprint density at radius 1 is 1.28 bits per heavy atom. The molecule has 10 nitrogen and oxygen atoms in total. The van der Waals surface area contributed by atoms with Gasteiger partial charge in [0.25, 0.3) is 11.6 Å². The number of carbonyl (C=O) groups is 3. The zero-order valence-corrected chi connectivity index (χ0v) is 18.1. The number of thiophene rings is 1. The molecule has 1 N–H and O–H groups in total. The van der Waals surface area contributed by atoms with Crippen LogP contribution in [0.25, 0.3) is 0 Å². The highest BCUT2D eigenvalue weighted by molar-refractivity contribution is 7.86. The summed E-state index contributed by atoms with van der Waals surface area (Å²) in [5, 5.41) is 14.3. The molecule has 2 aromatic rings. The van der Waals surface area contributed by atoms with Crippen molar-refractivity contribution < 1.29 is 28.3 Å². The number of rotatable bonds is 7. The summed E-state index contributed by atoms with van der Waals surface area (Å²) in [7, 11) is -1.47. The van der Waals surface area contributed by atoms with Crippen LogP contribution in [0.2, 0.25) is 0 Å². The number of ether oxygens (including phenoxy) is 1. The van der Waals surface area contributed by atoms with Crippen LogP contribution < -0.4 is 5.32 Å². The van der Waals surface area contributed by atoms with Crippen LogP contribution >= 0.6 is 11.3 Å². The average molecular weight is 476 g/mol. The van der Waals surface area contributed by atoms with Crippen LogP contribution in [0.1, 0.15) is 10.4 Å². The first-order valence-electron chi connectivity index (χ1n) is 9.48. The molecule has 2 amide bonds. The topological polar surface area (TPSA) is 136 Å². The lowest BCUT2D eigenvalue weighted by Crippen LogP contribution is -2.73. The number of non-ortho nitro benzene ring substituents is 1. The maximum absolute atomic E-state index is 12.6. The maximum Gasteiger partial charge on any atom is 0.355 e. The van der Waals surface area contributed by atoms with Crippen LogP contribution in [0.15, 0.2) is 53.6 Å². The molecule has 0 radical (unpaired) electrons. The highest BCUT2D eigenvalue weighted by atomic mass is 32.2. The number of carbonyl (C=O) groups excluding carboxylic acids is 3. The molecular formula is C20H17N3O7S2. The molecule has 2 aliphatic heterocycles. The van der Waals surface area contributed by atoms with Crippen molar-refractivity contribution in [2.24, 2.45) is 0 Å². The summed E-state index contributed by atoms with van der Waals surface area (Å²) in [5.41, 5.74) is 0.429. The second-order valence-corrected chi connectivity index (χ2v) is 9.65. The smallest absolute Gasteiger partial charge is 0.355 e. The summed E-state index contributed by atoms with van der Waals surface area (Å²) in [6, 6.07) is 8.18. The number of fused-ring (bicyclic) bond motifs is 1. The van der Waals surface area contributed by atoms with Crippen LogP contribution in [0.4, 0.5) is 5.69 Å². The van der Waals surface area contributed by atoms with Crippen LogP contribution in [0.5, 0.6) is 0 Å². The van der Waals surface area contributed by atoms with Crippen molar-refractivity contribution in [3.05, 3.63) is 74.1 Å². The van der Waals surface area contributed by atoms with Crippen LogP contribution in [0, 0.1) is 10.1 Å². The SMILES string of the molecule is O=C(Cc1cccs1)NC1C(=O)N2C(C(=O)OCc3ccc([N+](=O)[O-])cc3)=CCS(=O)[C@H]12.